The molecular formula is C9H7BrN2O2. The molecule has 0 aliphatic rings. The van der Waals surface area contributed by atoms with Gasteiger partial charge in [0.2, 0.25) is 0 Å². The van der Waals surface area contributed by atoms with E-state index in [1.165, 1.54) is 10.8 Å². The van der Waals surface area contributed by atoms with Gasteiger partial charge in [-0.15, -0.1) is 6.58 Å². The molecule has 1 N–H and O–H groups in total. The Labute approximate surface area is 88.4 Å². The smallest absolute Gasteiger partial charge is 0.296 e. The topological polar surface area (TPSA) is 54.9 Å². The van der Waals surface area contributed by atoms with Crippen LogP contribution in [0.3, 0.4) is 0 Å². The van der Waals surface area contributed by atoms with E-state index in [-0.39, 0.29) is 5.56 Å². The molecule has 0 aliphatic carbocycles. The van der Waals surface area contributed by atoms with E-state index in [9.17, 15) is 9.59 Å². The molecular weight excluding hydrogens is 248 g/mol. The van der Waals surface area contributed by atoms with Crippen molar-refractivity contribution < 1.29 is 0 Å². The maximum Gasteiger partial charge on any atom is 0.328 e. The second kappa shape index (κ2) is 4.63. The Morgan fingerprint density at radius 2 is 2.36 bits per heavy atom. The van der Waals surface area contributed by atoms with Crippen LogP contribution in [0.4, 0.5) is 0 Å². The molecule has 1 aromatic heterocycles. The van der Waals surface area contributed by atoms with Gasteiger partial charge in [-0.25, -0.2) is 4.79 Å². The van der Waals surface area contributed by atoms with Gasteiger partial charge >= 0.3 is 5.69 Å². The molecule has 5 heteroatoms. The van der Waals surface area contributed by atoms with E-state index < -0.39 is 11.2 Å². The summed E-state index contributed by atoms with van der Waals surface area (Å²) in [5, 5.41) is 0. The third kappa shape index (κ3) is 2.24. The molecule has 0 saturated heterocycles. The van der Waals surface area contributed by atoms with Gasteiger partial charge in [0.15, 0.2) is 0 Å². The predicted octanol–water partition coefficient (Wildman–Crippen LogP) is 0.427. The highest BCUT2D eigenvalue weighted by Crippen LogP contribution is 1.86. The minimum Gasteiger partial charge on any atom is -0.296 e. The van der Waals surface area contributed by atoms with Gasteiger partial charge in [0.05, 0.1) is 0 Å². The van der Waals surface area contributed by atoms with E-state index in [0.29, 0.717) is 6.54 Å². The van der Waals surface area contributed by atoms with Crippen LogP contribution in [0.15, 0.2) is 28.4 Å². The van der Waals surface area contributed by atoms with Crippen molar-refractivity contribution in [2.24, 2.45) is 0 Å². The Hall–Kier alpha value is -1.54. The minimum atomic E-state index is -0.484. The number of allylic oxidation sites excluding steroid dienone is 1. The van der Waals surface area contributed by atoms with Crippen LogP contribution in [0, 0.1) is 10.8 Å². The van der Waals surface area contributed by atoms with Crippen LogP contribution in [0.2, 0.25) is 0 Å². The Kier molecular flexibility index (Phi) is 3.48. The van der Waals surface area contributed by atoms with Gasteiger partial charge in [-0.1, -0.05) is 6.08 Å². The van der Waals surface area contributed by atoms with Crippen LogP contribution in [0.5, 0.6) is 0 Å². The number of aromatic amines is 1. The van der Waals surface area contributed by atoms with Crippen molar-refractivity contribution in [1.29, 1.82) is 0 Å². The fourth-order valence-corrected chi connectivity index (χ4v) is 1.14. The van der Waals surface area contributed by atoms with Crippen molar-refractivity contribution in [3.8, 4) is 10.8 Å². The molecule has 0 amide bonds. The maximum absolute atomic E-state index is 11.2. The fraction of sp³-hybridized carbons (Fsp3) is 0.111. The zero-order chi connectivity index (χ0) is 10.6. The average Bonchev–Trinajstić information content (AvgIpc) is 2.14. The van der Waals surface area contributed by atoms with Gasteiger partial charge in [0, 0.05) is 28.7 Å². The lowest BCUT2D eigenvalue weighted by atomic mass is 10.3. The fourth-order valence-electron chi connectivity index (χ4n) is 0.924. The van der Waals surface area contributed by atoms with Gasteiger partial charge in [0.25, 0.3) is 5.56 Å². The zero-order valence-corrected chi connectivity index (χ0v) is 8.80. The normalized spacial score (nSPS) is 8.93. The highest BCUT2D eigenvalue weighted by molar-refractivity contribution is 9.12. The first-order valence-electron chi connectivity index (χ1n) is 3.75. The zero-order valence-electron chi connectivity index (χ0n) is 7.21. The Bertz CT molecular complexity index is 516. The number of nitrogens with zero attached hydrogens (tertiary/aromatic N) is 1. The van der Waals surface area contributed by atoms with Crippen LogP contribution >= 0.6 is 15.9 Å². The van der Waals surface area contributed by atoms with E-state index in [4.69, 9.17) is 0 Å². The van der Waals surface area contributed by atoms with E-state index in [1.54, 1.807) is 6.08 Å². The summed E-state index contributed by atoms with van der Waals surface area (Å²) in [7, 11) is 0. The monoisotopic (exact) mass is 254 g/mol. The highest BCUT2D eigenvalue weighted by Gasteiger charge is 2.00. The summed E-state index contributed by atoms with van der Waals surface area (Å²) in [5.74, 6) is 2.53. The molecule has 0 atom stereocenters. The summed E-state index contributed by atoms with van der Waals surface area (Å²) in [6.45, 7) is 3.84. The molecule has 0 unspecified atom stereocenters. The van der Waals surface area contributed by atoms with Crippen LogP contribution in [0.1, 0.15) is 5.56 Å². The van der Waals surface area contributed by atoms with Gasteiger partial charge in [-0.05, 0) is 10.8 Å². The van der Waals surface area contributed by atoms with Crippen LogP contribution in [0.25, 0.3) is 0 Å². The van der Waals surface area contributed by atoms with E-state index in [1.807, 2.05) is 0 Å². The maximum atomic E-state index is 11.2. The first-order valence-corrected chi connectivity index (χ1v) is 4.54. The summed E-state index contributed by atoms with van der Waals surface area (Å²) < 4.78 is 1.32. The van der Waals surface area contributed by atoms with Crippen molar-refractivity contribution in [2.45, 2.75) is 6.54 Å². The molecule has 0 radical (unpaired) electrons. The molecule has 4 nitrogen and oxygen atoms in total. The lowest BCUT2D eigenvalue weighted by molar-refractivity contribution is 0.734. The Morgan fingerprint density at radius 3 is 2.93 bits per heavy atom. The first-order chi connectivity index (χ1) is 6.69. The Morgan fingerprint density at radius 1 is 1.64 bits per heavy atom. The van der Waals surface area contributed by atoms with Crippen LogP contribution in [-0.2, 0) is 6.54 Å². The van der Waals surface area contributed by atoms with Crippen LogP contribution in [-0.4, -0.2) is 9.55 Å². The number of hydrogen-bond acceptors (Lipinski definition) is 2. The summed E-state index contributed by atoms with van der Waals surface area (Å²) in [5.41, 5.74) is -0.708. The molecule has 1 aromatic rings. The number of halogens is 1. The molecule has 0 bridgehead atoms. The molecule has 0 fully saturated rings. The first kappa shape index (κ1) is 10.5. The summed E-state index contributed by atoms with van der Waals surface area (Å²) in [4.78, 5) is 26.9. The minimum absolute atomic E-state index is 0.239. The molecule has 0 aromatic carbocycles. The van der Waals surface area contributed by atoms with Gasteiger partial charge in [0.1, 0.15) is 5.56 Å². The molecule has 0 spiro atoms. The highest BCUT2D eigenvalue weighted by atomic mass is 79.9. The van der Waals surface area contributed by atoms with Gasteiger partial charge in [-0.3, -0.25) is 14.3 Å². The number of aromatic nitrogens is 2. The molecule has 1 heterocycles. The number of nitrogens with one attached hydrogen (secondary N) is 1. The second-order valence-corrected chi connectivity index (χ2v) is 2.86. The number of H-pyrrole nitrogens is 1. The predicted molar refractivity (Wildman–Crippen MR) is 57.3 cm³/mol. The molecule has 0 saturated carbocycles. The largest absolute Gasteiger partial charge is 0.328 e. The summed E-state index contributed by atoms with van der Waals surface area (Å²) in [6, 6.07) is 0. The average molecular weight is 255 g/mol. The third-order valence-electron chi connectivity index (χ3n) is 1.52. The lowest BCUT2D eigenvalue weighted by Crippen LogP contribution is -2.30. The molecule has 72 valence electrons. The van der Waals surface area contributed by atoms with Crippen LogP contribution < -0.4 is 11.2 Å². The Balaban J connectivity index is 3.39. The third-order valence-corrected chi connectivity index (χ3v) is 1.72. The number of rotatable bonds is 2. The standard InChI is InChI=1S/C9H7BrN2O2/c1-2-5-12-6-7(3-4-10)8(13)11-9(12)14/h2,6H,1,5H2,(H,11,13,14). The van der Waals surface area contributed by atoms with Gasteiger partial charge < -0.3 is 0 Å². The summed E-state index contributed by atoms with van der Waals surface area (Å²) >= 11 is 2.88. The lowest BCUT2D eigenvalue weighted by Gasteiger charge is -2.00. The van der Waals surface area contributed by atoms with Crippen molar-refractivity contribution in [1.82, 2.24) is 9.55 Å². The second-order valence-electron chi connectivity index (χ2n) is 2.46. The number of hydrogen-bond donors (Lipinski definition) is 1. The molecule has 1 rings (SSSR count). The van der Waals surface area contributed by atoms with Crippen molar-refractivity contribution in [3.05, 3.63) is 45.3 Å². The van der Waals surface area contributed by atoms with Crippen molar-refractivity contribution in [3.63, 3.8) is 0 Å². The van der Waals surface area contributed by atoms with E-state index in [2.05, 4.69) is 38.2 Å². The quantitative estimate of drug-likeness (QED) is 0.615. The van der Waals surface area contributed by atoms with Gasteiger partial charge in [-0.2, -0.15) is 0 Å². The van der Waals surface area contributed by atoms with E-state index in [0.717, 1.165) is 0 Å². The SMILES string of the molecule is C=CCn1cc(C#CBr)c(=O)[nH]c1=O. The summed E-state index contributed by atoms with van der Waals surface area (Å²) in [6.07, 6.45) is 2.96. The molecule has 0 aliphatic heterocycles. The van der Waals surface area contributed by atoms with E-state index >= 15 is 0 Å². The van der Waals surface area contributed by atoms with Crippen molar-refractivity contribution in [2.75, 3.05) is 0 Å². The molecule has 14 heavy (non-hydrogen) atoms. The van der Waals surface area contributed by atoms with Crippen molar-refractivity contribution >= 4 is 15.9 Å².